The molecule has 0 aliphatic heterocycles. The Kier molecular flexibility index (Phi) is 4.63. The van der Waals surface area contributed by atoms with E-state index in [1.807, 2.05) is 0 Å². The second-order valence-corrected chi connectivity index (χ2v) is 7.92. The minimum Gasteiger partial charge on any atom is -0.345 e. The summed E-state index contributed by atoms with van der Waals surface area (Å²) in [4.78, 5) is 20.5. The Morgan fingerprint density at radius 3 is 2.67 bits per heavy atom. The number of carbonyl (C=O) groups excluding carboxylic acids is 1. The highest BCUT2D eigenvalue weighted by Crippen LogP contribution is 2.35. The van der Waals surface area contributed by atoms with Crippen molar-refractivity contribution in [2.45, 2.75) is 71.3 Å². The number of thiazole rings is 1. The van der Waals surface area contributed by atoms with Crippen molar-refractivity contribution in [3.05, 3.63) is 10.6 Å². The molecule has 1 fully saturated rings. The Labute approximate surface area is 131 Å². The second-order valence-electron chi connectivity index (χ2n) is 6.86. The molecule has 4 heteroatoms. The zero-order valence-electron chi connectivity index (χ0n) is 13.2. The molecule has 2 aliphatic carbocycles. The summed E-state index contributed by atoms with van der Waals surface area (Å²) in [6.07, 6.45) is 9.19. The minimum absolute atomic E-state index is 0.258. The maximum Gasteiger partial charge on any atom is 0.186 e. The Morgan fingerprint density at radius 2 is 2.00 bits per heavy atom. The van der Waals surface area contributed by atoms with Gasteiger partial charge in [0.05, 0.1) is 0 Å². The highest BCUT2D eigenvalue weighted by atomic mass is 32.1. The molecule has 1 aromatic heterocycles. The van der Waals surface area contributed by atoms with Crippen molar-refractivity contribution in [1.29, 1.82) is 0 Å². The lowest BCUT2D eigenvalue weighted by Crippen LogP contribution is -2.34. The predicted molar refractivity (Wildman–Crippen MR) is 88.4 cm³/mol. The number of hydrogen-bond donors (Lipinski definition) is 0. The van der Waals surface area contributed by atoms with Gasteiger partial charge in [0, 0.05) is 23.9 Å². The minimum atomic E-state index is 0.258. The monoisotopic (exact) mass is 306 g/mol. The molecule has 1 saturated carbocycles. The number of aromatic nitrogens is 1. The van der Waals surface area contributed by atoms with Crippen molar-refractivity contribution in [3.63, 3.8) is 0 Å². The van der Waals surface area contributed by atoms with E-state index in [0.29, 0.717) is 18.4 Å². The van der Waals surface area contributed by atoms with E-state index in [-0.39, 0.29) is 5.78 Å². The largest absolute Gasteiger partial charge is 0.345 e. The predicted octanol–water partition coefficient (Wildman–Crippen LogP) is 4.46. The van der Waals surface area contributed by atoms with Crippen LogP contribution in [0, 0.1) is 5.92 Å². The average Bonchev–Trinajstić information content (AvgIpc) is 3.08. The second kappa shape index (κ2) is 6.47. The van der Waals surface area contributed by atoms with Crippen LogP contribution in [0.4, 0.5) is 5.13 Å². The Balaban J connectivity index is 1.83. The molecule has 21 heavy (non-hydrogen) atoms. The SMILES string of the molecule is CC(C)CCN(c1nc2c(s1)CCCC2=O)C1CCCC1. The van der Waals surface area contributed by atoms with E-state index in [1.54, 1.807) is 11.3 Å². The Morgan fingerprint density at radius 1 is 1.24 bits per heavy atom. The number of anilines is 1. The number of hydrogen-bond acceptors (Lipinski definition) is 4. The van der Waals surface area contributed by atoms with Crippen molar-refractivity contribution in [2.75, 3.05) is 11.4 Å². The van der Waals surface area contributed by atoms with Crippen LogP contribution in [-0.2, 0) is 6.42 Å². The molecule has 116 valence electrons. The summed E-state index contributed by atoms with van der Waals surface area (Å²) in [6, 6.07) is 0.645. The van der Waals surface area contributed by atoms with Gasteiger partial charge in [0.1, 0.15) is 5.69 Å². The molecule has 1 aromatic rings. The number of rotatable bonds is 5. The van der Waals surface area contributed by atoms with Crippen LogP contribution in [0.2, 0.25) is 0 Å². The first-order chi connectivity index (χ1) is 10.1. The number of fused-ring (bicyclic) bond motifs is 1. The summed E-state index contributed by atoms with van der Waals surface area (Å²) in [7, 11) is 0. The van der Waals surface area contributed by atoms with Gasteiger partial charge in [0.15, 0.2) is 10.9 Å². The number of ketones is 1. The molecule has 0 bridgehead atoms. The highest BCUT2D eigenvalue weighted by molar-refractivity contribution is 7.16. The van der Waals surface area contributed by atoms with Gasteiger partial charge in [0.25, 0.3) is 0 Å². The summed E-state index contributed by atoms with van der Waals surface area (Å²) >= 11 is 1.78. The summed E-state index contributed by atoms with van der Waals surface area (Å²) in [5.41, 5.74) is 0.786. The van der Waals surface area contributed by atoms with Crippen LogP contribution in [-0.4, -0.2) is 23.4 Å². The molecule has 3 nitrogen and oxygen atoms in total. The molecule has 0 atom stereocenters. The maximum atomic E-state index is 12.0. The fourth-order valence-corrected chi connectivity index (χ4v) is 4.64. The molecule has 0 N–H and O–H groups in total. The fraction of sp³-hybridized carbons (Fsp3) is 0.765. The maximum absolute atomic E-state index is 12.0. The first kappa shape index (κ1) is 15.0. The van der Waals surface area contributed by atoms with Gasteiger partial charge in [-0.3, -0.25) is 4.79 Å². The molecule has 1 heterocycles. The van der Waals surface area contributed by atoms with Crippen molar-refractivity contribution in [1.82, 2.24) is 4.98 Å². The van der Waals surface area contributed by atoms with E-state index >= 15 is 0 Å². The molecule has 0 saturated heterocycles. The third kappa shape index (κ3) is 3.31. The summed E-state index contributed by atoms with van der Waals surface area (Å²) in [6.45, 7) is 5.65. The molecule has 0 aromatic carbocycles. The van der Waals surface area contributed by atoms with Gasteiger partial charge in [-0.25, -0.2) is 4.98 Å². The standard InChI is InChI=1S/C17H26N2OS/c1-12(2)10-11-19(13-6-3-4-7-13)17-18-16-14(20)8-5-9-15(16)21-17/h12-13H,3-11H2,1-2H3. The number of carbonyl (C=O) groups is 1. The van der Waals surface area contributed by atoms with E-state index in [0.717, 1.165) is 30.2 Å². The molecule has 0 unspecified atom stereocenters. The average molecular weight is 306 g/mol. The van der Waals surface area contributed by atoms with Crippen molar-refractivity contribution >= 4 is 22.3 Å². The third-order valence-corrected chi connectivity index (χ3v) is 5.87. The lowest BCUT2D eigenvalue weighted by atomic mass is 10.0. The first-order valence-electron chi connectivity index (χ1n) is 8.44. The van der Waals surface area contributed by atoms with Crippen LogP contribution in [0.1, 0.15) is 74.2 Å². The third-order valence-electron chi connectivity index (χ3n) is 4.72. The van der Waals surface area contributed by atoms with Gasteiger partial charge >= 0.3 is 0 Å². The topological polar surface area (TPSA) is 33.2 Å². The molecule has 0 amide bonds. The van der Waals surface area contributed by atoms with Gasteiger partial charge in [-0.15, -0.1) is 11.3 Å². The van der Waals surface area contributed by atoms with Gasteiger partial charge in [0.2, 0.25) is 0 Å². The van der Waals surface area contributed by atoms with Gasteiger partial charge in [-0.2, -0.15) is 0 Å². The summed E-state index contributed by atoms with van der Waals surface area (Å²) < 4.78 is 0. The Hall–Kier alpha value is -0.900. The van der Waals surface area contributed by atoms with Gasteiger partial charge in [-0.05, 0) is 38.0 Å². The normalized spacial score (nSPS) is 19.3. The van der Waals surface area contributed by atoms with Crippen LogP contribution in [0.15, 0.2) is 0 Å². The van der Waals surface area contributed by atoms with Crippen LogP contribution in [0.25, 0.3) is 0 Å². The Bertz CT molecular complexity index is 503. The van der Waals surface area contributed by atoms with Crippen molar-refractivity contribution in [3.8, 4) is 0 Å². The fourth-order valence-electron chi connectivity index (χ4n) is 3.43. The highest BCUT2D eigenvalue weighted by Gasteiger charge is 2.28. The lowest BCUT2D eigenvalue weighted by Gasteiger charge is -2.29. The van der Waals surface area contributed by atoms with Crippen molar-refractivity contribution < 1.29 is 4.79 Å². The van der Waals surface area contributed by atoms with Crippen LogP contribution in [0.5, 0.6) is 0 Å². The van der Waals surface area contributed by atoms with Crippen molar-refractivity contribution in [2.24, 2.45) is 5.92 Å². The number of Topliss-reactive ketones (excluding diaryl/α,β-unsaturated/α-hetero) is 1. The molecule has 3 rings (SSSR count). The number of nitrogens with zero attached hydrogens (tertiary/aromatic N) is 2. The summed E-state index contributed by atoms with van der Waals surface area (Å²) in [5, 5.41) is 1.11. The zero-order chi connectivity index (χ0) is 14.8. The van der Waals surface area contributed by atoms with Gasteiger partial charge in [-0.1, -0.05) is 26.7 Å². The molecule has 0 radical (unpaired) electrons. The molecular formula is C17H26N2OS. The zero-order valence-corrected chi connectivity index (χ0v) is 14.0. The first-order valence-corrected chi connectivity index (χ1v) is 9.26. The van der Waals surface area contributed by atoms with E-state index < -0.39 is 0 Å². The summed E-state index contributed by atoms with van der Waals surface area (Å²) in [5.74, 6) is 0.971. The smallest absolute Gasteiger partial charge is 0.186 e. The van der Waals surface area contributed by atoms with Crippen LogP contribution in [0.3, 0.4) is 0 Å². The van der Waals surface area contributed by atoms with Gasteiger partial charge < -0.3 is 4.90 Å². The lowest BCUT2D eigenvalue weighted by molar-refractivity contribution is 0.0968. The molecular weight excluding hydrogens is 280 g/mol. The van der Waals surface area contributed by atoms with E-state index in [4.69, 9.17) is 4.98 Å². The van der Waals surface area contributed by atoms with Crippen LogP contribution < -0.4 is 4.90 Å². The molecule has 0 spiro atoms. The van der Waals surface area contributed by atoms with E-state index in [9.17, 15) is 4.79 Å². The quantitative estimate of drug-likeness (QED) is 0.805. The van der Waals surface area contributed by atoms with E-state index in [2.05, 4.69) is 18.7 Å². The van der Waals surface area contributed by atoms with E-state index in [1.165, 1.54) is 37.0 Å². The number of aryl methyl sites for hydroxylation is 1. The molecule has 2 aliphatic rings. The van der Waals surface area contributed by atoms with Crippen LogP contribution >= 0.6 is 11.3 Å².